The van der Waals surface area contributed by atoms with Crippen molar-refractivity contribution in [3.63, 3.8) is 0 Å². The first-order chi connectivity index (χ1) is 11.6. The van der Waals surface area contributed by atoms with Crippen molar-refractivity contribution in [1.29, 1.82) is 0 Å². The van der Waals surface area contributed by atoms with Crippen molar-refractivity contribution in [1.82, 2.24) is 19.7 Å². The zero-order valence-corrected chi connectivity index (χ0v) is 14.0. The molecule has 8 heteroatoms. The Labute approximate surface area is 141 Å². The Morgan fingerprint density at radius 3 is 3.00 bits per heavy atom. The van der Waals surface area contributed by atoms with Crippen LogP contribution in [0, 0.1) is 0 Å². The molecule has 2 aromatic rings. The number of hydrogen-bond acceptors (Lipinski definition) is 6. The smallest absolute Gasteiger partial charge is 0.242 e. The monoisotopic (exact) mass is 345 g/mol. The van der Waals surface area contributed by atoms with Crippen LogP contribution in [0.4, 0.5) is 5.82 Å². The Kier molecular flexibility index (Phi) is 3.93. The summed E-state index contributed by atoms with van der Waals surface area (Å²) < 4.78 is 27.6. The summed E-state index contributed by atoms with van der Waals surface area (Å²) in [5.74, 6) is 0.973. The number of anilines is 1. The molecule has 1 aliphatic heterocycles. The molecule has 0 radical (unpaired) electrons. The van der Waals surface area contributed by atoms with Crippen LogP contribution in [-0.4, -0.2) is 42.5 Å². The van der Waals surface area contributed by atoms with Crippen molar-refractivity contribution >= 4 is 15.8 Å². The number of aryl methyl sites for hydroxylation is 1. The minimum absolute atomic E-state index is 0.123. The van der Waals surface area contributed by atoms with Gasteiger partial charge in [0.2, 0.25) is 10.0 Å². The van der Waals surface area contributed by atoms with Gasteiger partial charge >= 0.3 is 0 Å². The average Bonchev–Trinajstić information content (AvgIpc) is 3.24. The van der Waals surface area contributed by atoms with Crippen molar-refractivity contribution in [3.05, 3.63) is 42.1 Å². The Balaban J connectivity index is 1.49. The number of nitrogens with zero attached hydrogens (tertiary/aromatic N) is 4. The van der Waals surface area contributed by atoms with E-state index in [0.29, 0.717) is 6.54 Å². The van der Waals surface area contributed by atoms with Gasteiger partial charge in [-0.15, -0.1) is 0 Å². The molecule has 0 amide bonds. The molecule has 0 spiro atoms. The molecule has 1 aliphatic carbocycles. The van der Waals surface area contributed by atoms with Crippen molar-refractivity contribution in [2.45, 2.75) is 36.6 Å². The second kappa shape index (κ2) is 6.10. The summed E-state index contributed by atoms with van der Waals surface area (Å²) in [6, 6.07) is 3.06. The van der Waals surface area contributed by atoms with Crippen LogP contribution in [0.1, 0.15) is 24.1 Å². The molecule has 7 nitrogen and oxygen atoms in total. The van der Waals surface area contributed by atoms with Crippen molar-refractivity contribution in [2.24, 2.45) is 0 Å². The van der Waals surface area contributed by atoms with Crippen LogP contribution in [0.25, 0.3) is 0 Å². The van der Waals surface area contributed by atoms with Crippen LogP contribution in [0.15, 0.2) is 35.7 Å². The average molecular weight is 345 g/mol. The molecular formula is C16H19N5O2S. The minimum Gasteiger partial charge on any atom is -0.355 e. The van der Waals surface area contributed by atoms with Crippen molar-refractivity contribution in [2.75, 3.05) is 18.0 Å². The highest BCUT2D eigenvalue weighted by Gasteiger charge is 2.30. The fraction of sp³-hybridized carbons (Fsp3) is 0.438. The standard InChI is InChI=1S/C16H19N5O2S/c22-24(23,13-3-2-7-17-9-13)20-12-6-8-21(10-12)16-14-4-1-5-15(14)18-11-19-16/h2-3,7,9,11-12,20H,1,4-6,8,10H2. The lowest BCUT2D eigenvalue weighted by Crippen LogP contribution is -2.37. The van der Waals surface area contributed by atoms with Crippen LogP contribution in [0.3, 0.4) is 0 Å². The second-order valence-electron chi connectivity index (χ2n) is 6.22. The summed E-state index contributed by atoms with van der Waals surface area (Å²) in [4.78, 5) is 15.1. The first-order valence-electron chi connectivity index (χ1n) is 8.13. The van der Waals surface area contributed by atoms with E-state index in [-0.39, 0.29) is 10.9 Å². The third-order valence-electron chi connectivity index (χ3n) is 4.61. The molecule has 1 saturated heterocycles. The Morgan fingerprint density at radius 1 is 1.25 bits per heavy atom. The largest absolute Gasteiger partial charge is 0.355 e. The van der Waals surface area contributed by atoms with E-state index < -0.39 is 10.0 Å². The lowest BCUT2D eigenvalue weighted by atomic mass is 10.2. The third-order valence-corrected chi connectivity index (χ3v) is 6.11. The number of hydrogen-bond donors (Lipinski definition) is 1. The number of rotatable bonds is 4. The molecule has 1 N–H and O–H groups in total. The maximum atomic E-state index is 12.4. The zero-order chi connectivity index (χ0) is 16.6. The van der Waals surface area contributed by atoms with E-state index in [1.165, 1.54) is 11.8 Å². The molecule has 2 aromatic heterocycles. The molecule has 1 fully saturated rings. The minimum atomic E-state index is -3.53. The van der Waals surface area contributed by atoms with Crippen LogP contribution in [0.2, 0.25) is 0 Å². The summed E-state index contributed by atoms with van der Waals surface area (Å²) in [6.45, 7) is 1.42. The first kappa shape index (κ1) is 15.5. The molecule has 1 atom stereocenters. The first-order valence-corrected chi connectivity index (χ1v) is 9.62. The van der Waals surface area contributed by atoms with Crippen LogP contribution < -0.4 is 9.62 Å². The zero-order valence-electron chi connectivity index (χ0n) is 13.2. The summed E-state index contributed by atoms with van der Waals surface area (Å²) in [5, 5.41) is 0. The molecule has 0 saturated carbocycles. The van der Waals surface area contributed by atoms with Gasteiger partial charge in [-0.3, -0.25) is 4.98 Å². The predicted octanol–water partition coefficient (Wildman–Crippen LogP) is 0.917. The normalized spacial score (nSPS) is 20.3. The van der Waals surface area contributed by atoms with Gasteiger partial charge in [-0.05, 0) is 37.8 Å². The van der Waals surface area contributed by atoms with Gasteiger partial charge in [-0.1, -0.05) is 0 Å². The molecule has 0 aromatic carbocycles. The van der Waals surface area contributed by atoms with E-state index in [1.807, 2.05) is 0 Å². The maximum absolute atomic E-state index is 12.4. The molecule has 3 heterocycles. The summed E-state index contributed by atoms with van der Waals surface area (Å²) in [7, 11) is -3.53. The Morgan fingerprint density at radius 2 is 2.17 bits per heavy atom. The van der Waals surface area contributed by atoms with Gasteiger partial charge in [0.15, 0.2) is 0 Å². The number of aromatic nitrogens is 3. The molecule has 2 aliphatic rings. The summed E-state index contributed by atoms with van der Waals surface area (Å²) in [5.41, 5.74) is 2.37. The maximum Gasteiger partial charge on any atom is 0.242 e. The SMILES string of the molecule is O=S(=O)(NC1CCN(c2ncnc3c2CCC3)C1)c1cccnc1. The molecule has 1 unspecified atom stereocenters. The molecular weight excluding hydrogens is 326 g/mol. The molecule has 126 valence electrons. The molecule has 0 bridgehead atoms. The number of sulfonamides is 1. The van der Waals surface area contributed by atoms with Gasteiger partial charge in [-0.2, -0.15) is 0 Å². The predicted molar refractivity (Wildman–Crippen MR) is 89.2 cm³/mol. The van der Waals surface area contributed by atoms with Crippen molar-refractivity contribution in [3.8, 4) is 0 Å². The van der Waals surface area contributed by atoms with Gasteiger partial charge in [0.25, 0.3) is 0 Å². The quantitative estimate of drug-likeness (QED) is 0.886. The third kappa shape index (κ3) is 2.87. The Hall–Kier alpha value is -2.06. The Bertz CT molecular complexity index is 841. The van der Waals surface area contributed by atoms with E-state index in [0.717, 1.165) is 43.7 Å². The van der Waals surface area contributed by atoms with Gasteiger partial charge in [-0.25, -0.2) is 23.1 Å². The summed E-state index contributed by atoms with van der Waals surface area (Å²) >= 11 is 0. The van der Waals surface area contributed by atoms with Gasteiger partial charge in [0, 0.05) is 42.8 Å². The van der Waals surface area contributed by atoms with Gasteiger partial charge in [0.1, 0.15) is 17.0 Å². The molecule has 24 heavy (non-hydrogen) atoms. The highest BCUT2D eigenvalue weighted by Crippen LogP contribution is 2.30. The second-order valence-corrected chi connectivity index (χ2v) is 7.93. The number of fused-ring (bicyclic) bond motifs is 1. The van der Waals surface area contributed by atoms with E-state index >= 15 is 0 Å². The number of nitrogens with one attached hydrogen (secondary N) is 1. The topological polar surface area (TPSA) is 88.1 Å². The lowest BCUT2D eigenvalue weighted by molar-refractivity contribution is 0.561. The van der Waals surface area contributed by atoms with Gasteiger partial charge in [0.05, 0.1) is 0 Å². The summed E-state index contributed by atoms with van der Waals surface area (Å²) in [6.07, 6.45) is 8.44. The van der Waals surface area contributed by atoms with Crippen LogP contribution >= 0.6 is 0 Å². The van der Waals surface area contributed by atoms with E-state index in [1.54, 1.807) is 24.7 Å². The van der Waals surface area contributed by atoms with Crippen LogP contribution in [0.5, 0.6) is 0 Å². The van der Waals surface area contributed by atoms with Gasteiger partial charge < -0.3 is 4.90 Å². The van der Waals surface area contributed by atoms with E-state index in [9.17, 15) is 8.42 Å². The molecule has 4 rings (SSSR count). The lowest BCUT2D eigenvalue weighted by Gasteiger charge is -2.20. The van der Waals surface area contributed by atoms with Crippen molar-refractivity contribution < 1.29 is 8.42 Å². The van der Waals surface area contributed by atoms with E-state index in [4.69, 9.17) is 0 Å². The van der Waals surface area contributed by atoms with Crippen LogP contribution in [-0.2, 0) is 22.9 Å². The number of pyridine rings is 1. The van der Waals surface area contributed by atoms with E-state index in [2.05, 4.69) is 24.6 Å². The highest BCUT2D eigenvalue weighted by atomic mass is 32.2. The fourth-order valence-corrected chi connectivity index (χ4v) is 4.68. The highest BCUT2D eigenvalue weighted by molar-refractivity contribution is 7.89. The fourth-order valence-electron chi connectivity index (χ4n) is 3.46.